The number of aryl methyl sites for hydroxylation is 1. The zero-order valence-electron chi connectivity index (χ0n) is 11.7. The number of hydrogen-bond donors (Lipinski definition) is 1. The summed E-state index contributed by atoms with van der Waals surface area (Å²) in [4.78, 5) is 0. The number of fused-ring (bicyclic) bond motifs is 1. The molecule has 0 aliphatic carbocycles. The van der Waals surface area contributed by atoms with E-state index in [0.29, 0.717) is 11.0 Å². The van der Waals surface area contributed by atoms with Crippen LogP contribution in [0.3, 0.4) is 0 Å². The molecular weight excluding hydrogens is 329 g/mol. The van der Waals surface area contributed by atoms with Crippen LogP contribution in [0.2, 0.25) is 0 Å². The minimum Gasteiger partial charge on any atom is -0.381 e. The van der Waals surface area contributed by atoms with E-state index < -0.39 is 0 Å². The summed E-state index contributed by atoms with van der Waals surface area (Å²) in [6, 6.07) is 18.0. The van der Waals surface area contributed by atoms with Crippen LogP contribution in [0.1, 0.15) is 11.1 Å². The van der Waals surface area contributed by atoms with Crippen LogP contribution in [0, 0.1) is 12.7 Å². The maximum Gasteiger partial charge on any atom is 0.137 e. The van der Waals surface area contributed by atoms with Crippen LogP contribution in [0.15, 0.2) is 59.1 Å². The molecule has 0 saturated heterocycles. The fourth-order valence-electron chi connectivity index (χ4n) is 2.38. The van der Waals surface area contributed by atoms with Crippen LogP contribution >= 0.6 is 15.9 Å². The first-order valence-electron chi connectivity index (χ1n) is 6.81. The molecular formula is C18H15BrFN. The molecule has 0 aliphatic heterocycles. The molecule has 0 aliphatic rings. The van der Waals surface area contributed by atoms with E-state index in [9.17, 15) is 4.39 Å². The van der Waals surface area contributed by atoms with E-state index in [4.69, 9.17) is 0 Å². The van der Waals surface area contributed by atoms with Gasteiger partial charge in [0.15, 0.2) is 0 Å². The molecule has 106 valence electrons. The van der Waals surface area contributed by atoms with Crippen LogP contribution < -0.4 is 5.32 Å². The summed E-state index contributed by atoms with van der Waals surface area (Å²) in [7, 11) is 0. The third-order valence-corrected chi connectivity index (χ3v) is 4.17. The number of hydrogen-bond acceptors (Lipinski definition) is 1. The van der Waals surface area contributed by atoms with Gasteiger partial charge in [0.25, 0.3) is 0 Å². The lowest BCUT2D eigenvalue weighted by molar-refractivity contribution is 0.620. The minimum absolute atomic E-state index is 0.233. The number of rotatable bonds is 3. The molecule has 3 aromatic carbocycles. The van der Waals surface area contributed by atoms with Crippen molar-refractivity contribution < 1.29 is 4.39 Å². The highest BCUT2D eigenvalue weighted by atomic mass is 79.9. The van der Waals surface area contributed by atoms with E-state index in [1.165, 1.54) is 22.4 Å². The molecule has 1 nitrogen and oxygen atoms in total. The van der Waals surface area contributed by atoms with Gasteiger partial charge in [0.2, 0.25) is 0 Å². The van der Waals surface area contributed by atoms with Crippen molar-refractivity contribution in [3.8, 4) is 0 Å². The van der Waals surface area contributed by atoms with E-state index in [2.05, 4.69) is 51.6 Å². The summed E-state index contributed by atoms with van der Waals surface area (Å²) in [6.07, 6.45) is 0. The zero-order chi connectivity index (χ0) is 14.8. The van der Waals surface area contributed by atoms with Gasteiger partial charge in [0, 0.05) is 12.2 Å². The Balaban J connectivity index is 1.81. The highest BCUT2D eigenvalue weighted by Crippen LogP contribution is 2.25. The lowest BCUT2D eigenvalue weighted by Gasteiger charge is -2.11. The second kappa shape index (κ2) is 5.86. The van der Waals surface area contributed by atoms with Crippen molar-refractivity contribution in [2.45, 2.75) is 13.5 Å². The van der Waals surface area contributed by atoms with Gasteiger partial charge < -0.3 is 5.32 Å². The van der Waals surface area contributed by atoms with E-state index >= 15 is 0 Å². The number of nitrogens with one attached hydrogen (secondary N) is 1. The molecule has 0 unspecified atom stereocenters. The highest BCUT2D eigenvalue weighted by molar-refractivity contribution is 9.10. The van der Waals surface area contributed by atoms with Crippen molar-refractivity contribution in [2.24, 2.45) is 0 Å². The molecule has 0 radical (unpaired) electrons. The second-order valence-electron chi connectivity index (χ2n) is 5.12. The van der Waals surface area contributed by atoms with Crippen LogP contribution in [-0.4, -0.2) is 0 Å². The summed E-state index contributed by atoms with van der Waals surface area (Å²) < 4.78 is 13.9. The Hall–Kier alpha value is -1.87. The summed E-state index contributed by atoms with van der Waals surface area (Å²) in [5, 5.41) is 5.83. The molecule has 1 N–H and O–H groups in total. The summed E-state index contributed by atoms with van der Waals surface area (Å²) >= 11 is 3.22. The number of benzene rings is 3. The first-order chi connectivity index (χ1) is 10.1. The average Bonchev–Trinajstić information content (AvgIpc) is 2.49. The molecule has 0 atom stereocenters. The molecule has 0 aromatic heterocycles. The van der Waals surface area contributed by atoms with Gasteiger partial charge in [0.1, 0.15) is 5.82 Å². The second-order valence-corrected chi connectivity index (χ2v) is 5.97. The van der Waals surface area contributed by atoms with Crippen molar-refractivity contribution in [1.82, 2.24) is 0 Å². The Bertz CT molecular complexity index is 798. The van der Waals surface area contributed by atoms with E-state index in [1.807, 2.05) is 19.1 Å². The van der Waals surface area contributed by atoms with Crippen LogP contribution in [0.25, 0.3) is 10.8 Å². The molecule has 0 amide bonds. The smallest absolute Gasteiger partial charge is 0.137 e. The fraction of sp³-hybridized carbons (Fsp3) is 0.111. The lowest BCUT2D eigenvalue weighted by Crippen LogP contribution is -2.01. The van der Waals surface area contributed by atoms with Gasteiger partial charge in [-0.2, -0.15) is 0 Å². The fourth-order valence-corrected chi connectivity index (χ4v) is 2.73. The van der Waals surface area contributed by atoms with Gasteiger partial charge in [-0.15, -0.1) is 0 Å². The van der Waals surface area contributed by atoms with Gasteiger partial charge in [-0.25, -0.2) is 4.39 Å². The van der Waals surface area contributed by atoms with Gasteiger partial charge in [-0.1, -0.05) is 36.4 Å². The molecule has 0 saturated carbocycles. The predicted molar refractivity (Wildman–Crippen MR) is 90.1 cm³/mol. The van der Waals surface area contributed by atoms with Crippen LogP contribution in [-0.2, 0) is 6.54 Å². The van der Waals surface area contributed by atoms with Crippen molar-refractivity contribution in [3.63, 3.8) is 0 Å². The largest absolute Gasteiger partial charge is 0.381 e. The maximum absolute atomic E-state index is 13.4. The summed E-state index contributed by atoms with van der Waals surface area (Å²) in [5.74, 6) is -0.233. The van der Waals surface area contributed by atoms with Gasteiger partial charge >= 0.3 is 0 Å². The molecule has 21 heavy (non-hydrogen) atoms. The maximum atomic E-state index is 13.4. The van der Waals surface area contributed by atoms with Gasteiger partial charge in [0.05, 0.1) is 4.47 Å². The van der Waals surface area contributed by atoms with Gasteiger partial charge in [-0.3, -0.25) is 0 Å². The minimum atomic E-state index is -0.233. The van der Waals surface area contributed by atoms with Crippen molar-refractivity contribution >= 4 is 32.4 Å². The third kappa shape index (κ3) is 3.08. The Morgan fingerprint density at radius 2 is 1.76 bits per heavy atom. The quantitative estimate of drug-likeness (QED) is 0.646. The average molecular weight is 344 g/mol. The predicted octanol–water partition coefficient (Wildman–Crippen LogP) is 5.66. The first-order valence-corrected chi connectivity index (χ1v) is 7.60. The summed E-state index contributed by atoms with van der Waals surface area (Å²) in [5.41, 5.74) is 3.04. The van der Waals surface area contributed by atoms with Crippen molar-refractivity contribution in [1.29, 1.82) is 0 Å². The van der Waals surface area contributed by atoms with E-state index in [1.54, 1.807) is 6.07 Å². The molecule has 3 aromatic rings. The summed E-state index contributed by atoms with van der Waals surface area (Å²) in [6.45, 7) is 2.61. The Kier molecular flexibility index (Phi) is 3.93. The topological polar surface area (TPSA) is 12.0 Å². The van der Waals surface area contributed by atoms with Gasteiger partial charge in [-0.05, 0) is 63.0 Å². The SMILES string of the molecule is Cc1cc(F)c(Br)cc1NCc1ccc2ccccc2c1. The van der Waals surface area contributed by atoms with E-state index in [0.717, 1.165) is 11.3 Å². The Morgan fingerprint density at radius 3 is 2.57 bits per heavy atom. The lowest BCUT2D eigenvalue weighted by atomic mass is 10.1. The highest BCUT2D eigenvalue weighted by Gasteiger charge is 2.05. The molecule has 0 bridgehead atoms. The normalized spacial score (nSPS) is 10.8. The molecule has 3 rings (SSSR count). The Labute approximate surface area is 131 Å². The first kappa shape index (κ1) is 14.1. The third-order valence-electron chi connectivity index (χ3n) is 3.56. The number of anilines is 1. The molecule has 0 spiro atoms. The number of halogens is 2. The van der Waals surface area contributed by atoms with E-state index in [-0.39, 0.29) is 5.82 Å². The molecule has 0 fully saturated rings. The van der Waals surface area contributed by atoms with Crippen molar-refractivity contribution in [2.75, 3.05) is 5.32 Å². The molecule has 3 heteroatoms. The molecule has 0 heterocycles. The standard InChI is InChI=1S/C18H15BrFN/c1-12-8-17(20)16(19)10-18(12)21-11-13-6-7-14-4-2-3-5-15(14)9-13/h2-10,21H,11H2,1H3. The monoisotopic (exact) mass is 343 g/mol. The van der Waals surface area contributed by atoms with Crippen LogP contribution in [0.5, 0.6) is 0 Å². The van der Waals surface area contributed by atoms with Crippen LogP contribution in [0.4, 0.5) is 10.1 Å². The zero-order valence-corrected chi connectivity index (χ0v) is 13.2. The Morgan fingerprint density at radius 1 is 1.00 bits per heavy atom. The van der Waals surface area contributed by atoms with Crippen molar-refractivity contribution in [3.05, 3.63) is 76.0 Å².